The maximum Gasteiger partial charge on any atom is 0.269 e. The van der Waals surface area contributed by atoms with E-state index >= 15 is 0 Å². The topological polar surface area (TPSA) is 76.9 Å². The van der Waals surface area contributed by atoms with Gasteiger partial charge in [-0.15, -0.1) is 0 Å². The maximum absolute atomic E-state index is 13.1. The summed E-state index contributed by atoms with van der Waals surface area (Å²) < 4.78 is 6.34. The molecule has 2 aromatic rings. The maximum atomic E-state index is 13.1. The first-order valence-electron chi connectivity index (χ1n) is 10.6. The largest absolute Gasteiger partial charge is 0.379 e. The average molecular weight is 406 g/mol. The molecule has 1 amide bonds. The Morgan fingerprint density at radius 1 is 1.17 bits per heavy atom. The summed E-state index contributed by atoms with van der Waals surface area (Å²) in [5, 5.41) is 3.98. The van der Waals surface area contributed by atoms with E-state index in [1.165, 1.54) is 0 Å². The molecule has 1 saturated heterocycles. The lowest BCUT2D eigenvalue weighted by Crippen LogP contribution is -2.54. The molecule has 1 aromatic heterocycles. The van der Waals surface area contributed by atoms with Gasteiger partial charge in [0.2, 0.25) is 5.60 Å². The van der Waals surface area contributed by atoms with Crippen molar-refractivity contribution in [2.24, 2.45) is 5.16 Å². The van der Waals surface area contributed by atoms with Crippen LogP contribution in [0.2, 0.25) is 0 Å². The van der Waals surface area contributed by atoms with E-state index in [-0.39, 0.29) is 5.91 Å². The molecule has 7 heteroatoms. The van der Waals surface area contributed by atoms with E-state index in [4.69, 9.17) is 14.6 Å². The van der Waals surface area contributed by atoms with Gasteiger partial charge in [0.05, 0.1) is 18.0 Å². The Hall–Kier alpha value is -2.80. The smallest absolute Gasteiger partial charge is 0.269 e. The fourth-order valence-corrected chi connectivity index (χ4v) is 4.77. The fraction of sp³-hybridized carbons (Fsp3) is 0.478. The predicted octanol–water partition coefficient (Wildman–Crippen LogP) is 3.09. The normalized spacial score (nSPS) is 24.9. The van der Waals surface area contributed by atoms with Crippen LogP contribution in [0.5, 0.6) is 0 Å². The van der Waals surface area contributed by atoms with Gasteiger partial charge in [0.1, 0.15) is 5.60 Å². The summed E-state index contributed by atoms with van der Waals surface area (Å²) in [5.74, 6) is 0.721. The highest BCUT2D eigenvalue weighted by Crippen LogP contribution is 2.41. The molecule has 0 bridgehead atoms. The van der Waals surface area contributed by atoms with Crippen molar-refractivity contribution in [3.63, 3.8) is 0 Å². The summed E-state index contributed by atoms with van der Waals surface area (Å²) in [4.78, 5) is 30.0. The number of nitrogens with zero attached hydrogens (tertiary/aromatic N) is 4. The number of amides is 1. The number of oxime groups is 1. The number of rotatable bonds is 2. The minimum absolute atomic E-state index is 0.00152. The second kappa shape index (κ2) is 7.16. The molecule has 0 radical (unpaired) electrons. The SMILES string of the molecule is CC1=NOC(C)(C(=O)N2CCC3(CC2)OCCc2cnc(-c4ccccc4)nc23)C1. The van der Waals surface area contributed by atoms with Gasteiger partial charge in [-0.3, -0.25) is 4.79 Å². The molecule has 0 N–H and O–H groups in total. The number of piperidine rings is 1. The Morgan fingerprint density at radius 3 is 2.63 bits per heavy atom. The second-order valence-electron chi connectivity index (χ2n) is 8.64. The Labute approximate surface area is 176 Å². The Morgan fingerprint density at radius 2 is 1.93 bits per heavy atom. The van der Waals surface area contributed by atoms with Crippen molar-refractivity contribution in [2.75, 3.05) is 19.7 Å². The van der Waals surface area contributed by atoms with Crippen molar-refractivity contribution >= 4 is 11.6 Å². The van der Waals surface area contributed by atoms with Gasteiger partial charge in [-0.1, -0.05) is 35.5 Å². The van der Waals surface area contributed by atoms with Crippen molar-refractivity contribution in [3.05, 3.63) is 47.8 Å². The molecular weight excluding hydrogens is 380 g/mol. The van der Waals surface area contributed by atoms with Crippen LogP contribution in [0.4, 0.5) is 0 Å². The summed E-state index contributed by atoms with van der Waals surface area (Å²) in [6.45, 7) is 5.59. The summed E-state index contributed by atoms with van der Waals surface area (Å²) in [6.07, 6.45) is 4.73. The van der Waals surface area contributed by atoms with Crippen LogP contribution in [0.25, 0.3) is 11.4 Å². The quantitative estimate of drug-likeness (QED) is 0.766. The highest BCUT2D eigenvalue weighted by molar-refractivity contribution is 5.94. The van der Waals surface area contributed by atoms with Gasteiger partial charge in [0.15, 0.2) is 5.82 Å². The molecule has 156 valence electrons. The standard InChI is InChI=1S/C23H26N4O3/c1-16-14-22(2,30-26-16)21(28)27-11-9-23(10-12-27)19-18(8-13-29-23)15-24-20(25-19)17-6-4-3-5-7-17/h3-7,15H,8-14H2,1-2H3. The lowest BCUT2D eigenvalue weighted by Gasteiger charge is -2.45. The second-order valence-corrected chi connectivity index (χ2v) is 8.64. The molecule has 1 spiro atoms. The first-order valence-corrected chi connectivity index (χ1v) is 10.6. The number of fused-ring (bicyclic) bond motifs is 2. The molecule has 5 rings (SSSR count). The van der Waals surface area contributed by atoms with E-state index in [0.29, 0.717) is 39.0 Å². The van der Waals surface area contributed by atoms with Gasteiger partial charge in [-0.25, -0.2) is 9.97 Å². The highest BCUT2D eigenvalue weighted by Gasteiger charge is 2.48. The molecule has 7 nitrogen and oxygen atoms in total. The van der Waals surface area contributed by atoms with Crippen molar-refractivity contribution < 1.29 is 14.4 Å². The van der Waals surface area contributed by atoms with Gasteiger partial charge in [0, 0.05) is 31.3 Å². The van der Waals surface area contributed by atoms with Gasteiger partial charge in [0.25, 0.3) is 5.91 Å². The minimum Gasteiger partial charge on any atom is -0.379 e. The molecule has 3 aliphatic rings. The van der Waals surface area contributed by atoms with Gasteiger partial charge in [-0.05, 0) is 38.7 Å². The predicted molar refractivity (Wildman–Crippen MR) is 112 cm³/mol. The van der Waals surface area contributed by atoms with Crippen molar-refractivity contribution in [3.8, 4) is 11.4 Å². The number of carbonyl (C=O) groups excluding carboxylic acids is 1. The van der Waals surface area contributed by atoms with E-state index in [1.54, 1.807) is 0 Å². The average Bonchev–Trinajstić information content (AvgIpc) is 3.14. The number of likely N-dealkylation sites (tertiary alicyclic amines) is 1. The fourth-order valence-electron chi connectivity index (χ4n) is 4.77. The van der Waals surface area contributed by atoms with Crippen LogP contribution in [-0.4, -0.2) is 51.8 Å². The third-order valence-electron chi connectivity index (χ3n) is 6.38. The van der Waals surface area contributed by atoms with Crippen LogP contribution >= 0.6 is 0 Å². The number of hydrogen-bond donors (Lipinski definition) is 0. The first-order chi connectivity index (χ1) is 14.5. The Kier molecular flexibility index (Phi) is 4.58. The van der Waals surface area contributed by atoms with E-state index in [2.05, 4.69) is 10.1 Å². The lowest BCUT2D eigenvalue weighted by atomic mass is 9.82. The zero-order chi connectivity index (χ0) is 20.8. The van der Waals surface area contributed by atoms with Crippen molar-refractivity contribution in [1.82, 2.24) is 14.9 Å². The summed E-state index contributed by atoms with van der Waals surface area (Å²) in [5.41, 5.74) is 2.64. The van der Waals surface area contributed by atoms with Crippen LogP contribution in [0.15, 0.2) is 41.7 Å². The van der Waals surface area contributed by atoms with E-state index < -0.39 is 11.2 Å². The van der Waals surface area contributed by atoms with Gasteiger partial charge in [-0.2, -0.15) is 0 Å². The Balaban J connectivity index is 1.38. The van der Waals surface area contributed by atoms with Gasteiger partial charge >= 0.3 is 0 Å². The molecule has 30 heavy (non-hydrogen) atoms. The molecule has 1 aromatic carbocycles. The number of benzene rings is 1. The number of carbonyl (C=O) groups is 1. The zero-order valence-corrected chi connectivity index (χ0v) is 17.4. The molecule has 1 unspecified atom stereocenters. The van der Waals surface area contributed by atoms with Gasteiger partial charge < -0.3 is 14.5 Å². The van der Waals surface area contributed by atoms with E-state index in [1.807, 2.05) is 55.3 Å². The zero-order valence-electron chi connectivity index (χ0n) is 17.4. The van der Waals surface area contributed by atoms with E-state index in [0.717, 1.165) is 34.8 Å². The number of hydrogen-bond acceptors (Lipinski definition) is 6. The molecule has 1 atom stereocenters. The van der Waals surface area contributed by atoms with Crippen LogP contribution in [0, 0.1) is 0 Å². The van der Waals surface area contributed by atoms with Crippen LogP contribution in [0.1, 0.15) is 44.4 Å². The first kappa shape index (κ1) is 19.2. The minimum atomic E-state index is -0.886. The molecular formula is C23H26N4O3. The van der Waals surface area contributed by atoms with Crippen LogP contribution in [0.3, 0.4) is 0 Å². The van der Waals surface area contributed by atoms with Crippen LogP contribution < -0.4 is 0 Å². The third kappa shape index (κ3) is 3.17. The van der Waals surface area contributed by atoms with Crippen molar-refractivity contribution in [2.45, 2.75) is 50.7 Å². The molecule has 4 heterocycles. The Bertz CT molecular complexity index is 999. The molecule has 0 saturated carbocycles. The van der Waals surface area contributed by atoms with E-state index in [9.17, 15) is 4.79 Å². The monoisotopic (exact) mass is 406 g/mol. The lowest BCUT2D eigenvalue weighted by molar-refractivity contribution is -0.161. The number of aromatic nitrogens is 2. The molecule has 3 aliphatic heterocycles. The highest BCUT2D eigenvalue weighted by atomic mass is 16.7. The molecule has 1 fully saturated rings. The summed E-state index contributed by atoms with van der Waals surface area (Å²) in [6, 6.07) is 10.0. The summed E-state index contributed by atoms with van der Waals surface area (Å²) in [7, 11) is 0. The summed E-state index contributed by atoms with van der Waals surface area (Å²) >= 11 is 0. The third-order valence-corrected chi connectivity index (χ3v) is 6.38. The number of ether oxygens (including phenoxy) is 1. The van der Waals surface area contributed by atoms with Crippen molar-refractivity contribution in [1.29, 1.82) is 0 Å². The van der Waals surface area contributed by atoms with Crippen LogP contribution in [-0.2, 0) is 26.4 Å². The molecule has 0 aliphatic carbocycles.